The summed E-state index contributed by atoms with van der Waals surface area (Å²) in [5, 5.41) is 11.9. The number of nitrogens with zero attached hydrogens (tertiary/aromatic N) is 2. The quantitative estimate of drug-likeness (QED) is 0.864. The first-order valence-electron chi connectivity index (χ1n) is 6.76. The number of carboxylic acids is 1. The molecule has 1 saturated heterocycles. The van der Waals surface area contributed by atoms with Gasteiger partial charge in [-0.25, -0.2) is 4.79 Å². The van der Waals surface area contributed by atoms with Crippen molar-refractivity contribution in [2.75, 3.05) is 13.1 Å². The minimum atomic E-state index is -0.830. The Kier molecular flexibility index (Phi) is 4.55. The van der Waals surface area contributed by atoms with Crippen LogP contribution in [0.2, 0.25) is 0 Å². The van der Waals surface area contributed by atoms with Crippen LogP contribution in [0, 0.1) is 5.92 Å². The predicted molar refractivity (Wildman–Crippen MR) is 73.3 cm³/mol. The second-order valence-electron chi connectivity index (χ2n) is 5.01. The topological polar surface area (TPSA) is 82.5 Å². The summed E-state index contributed by atoms with van der Waals surface area (Å²) in [4.78, 5) is 28.6. The van der Waals surface area contributed by atoms with Crippen LogP contribution in [-0.4, -0.2) is 46.1 Å². The molecule has 0 radical (unpaired) electrons. The summed E-state index contributed by atoms with van der Waals surface area (Å²) in [6.45, 7) is 2.80. The van der Waals surface area contributed by atoms with Crippen LogP contribution in [-0.2, 0) is 11.2 Å². The van der Waals surface area contributed by atoms with Crippen LogP contribution in [0.4, 0.5) is 4.79 Å². The van der Waals surface area contributed by atoms with Gasteiger partial charge in [0, 0.05) is 31.5 Å². The molecule has 108 valence electrons. The van der Waals surface area contributed by atoms with Gasteiger partial charge in [-0.05, 0) is 31.4 Å². The van der Waals surface area contributed by atoms with E-state index in [9.17, 15) is 9.59 Å². The van der Waals surface area contributed by atoms with Crippen LogP contribution in [0.25, 0.3) is 0 Å². The Balaban J connectivity index is 1.80. The van der Waals surface area contributed by atoms with Gasteiger partial charge in [-0.1, -0.05) is 6.07 Å². The molecular formula is C14H19N3O3. The van der Waals surface area contributed by atoms with Crippen molar-refractivity contribution in [1.29, 1.82) is 0 Å². The number of carboxylic acid groups (broad SMARTS) is 1. The van der Waals surface area contributed by atoms with Crippen LogP contribution < -0.4 is 5.32 Å². The number of pyridine rings is 1. The van der Waals surface area contributed by atoms with Gasteiger partial charge < -0.3 is 15.3 Å². The first kappa shape index (κ1) is 14.3. The van der Waals surface area contributed by atoms with Crippen molar-refractivity contribution >= 4 is 12.0 Å². The summed E-state index contributed by atoms with van der Waals surface area (Å²) in [6.07, 6.45) is 4.71. The van der Waals surface area contributed by atoms with Gasteiger partial charge in [-0.3, -0.25) is 9.78 Å². The lowest BCUT2D eigenvalue weighted by Crippen LogP contribution is -2.44. The van der Waals surface area contributed by atoms with E-state index in [1.807, 2.05) is 12.1 Å². The van der Waals surface area contributed by atoms with Crippen LogP contribution in [0.3, 0.4) is 0 Å². The Morgan fingerprint density at radius 2 is 2.35 bits per heavy atom. The van der Waals surface area contributed by atoms with E-state index in [4.69, 9.17) is 5.11 Å². The van der Waals surface area contributed by atoms with E-state index >= 15 is 0 Å². The minimum Gasteiger partial charge on any atom is -0.481 e. The molecule has 2 unspecified atom stereocenters. The molecule has 2 N–H and O–H groups in total. The highest BCUT2D eigenvalue weighted by molar-refractivity contribution is 5.78. The molecule has 2 heterocycles. The van der Waals surface area contributed by atoms with Gasteiger partial charge >= 0.3 is 12.0 Å². The molecule has 2 rings (SSSR count). The van der Waals surface area contributed by atoms with Crippen molar-refractivity contribution in [2.24, 2.45) is 5.92 Å². The SMILES string of the molecule is CC1C(C(=O)O)CCN1C(=O)NCCc1cccnc1. The summed E-state index contributed by atoms with van der Waals surface area (Å²) >= 11 is 0. The normalized spacial score (nSPS) is 21.8. The Hall–Kier alpha value is -2.11. The van der Waals surface area contributed by atoms with Crippen molar-refractivity contribution in [1.82, 2.24) is 15.2 Å². The van der Waals surface area contributed by atoms with E-state index in [-0.39, 0.29) is 12.1 Å². The van der Waals surface area contributed by atoms with E-state index in [2.05, 4.69) is 10.3 Å². The summed E-state index contributed by atoms with van der Waals surface area (Å²) in [6, 6.07) is 3.37. The second-order valence-corrected chi connectivity index (χ2v) is 5.01. The lowest BCUT2D eigenvalue weighted by Gasteiger charge is -2.23. The molecule has 1 aliphatic heterocycles. The molecule has 0 aliphatic carbocycles. The molecule has 1 fully saturated rings. The number of likely N-dealkylation sites (tertiary alicyclic amines) is 1. The second kappa shape index (κ2) is 6.36. The third-order valence-electron chi connectivity index (χ3n) is 3.75. The molecule has 6 heteroatoms. The molecule has 20 heavy (non-hydrogen) atoms. The number of hydrogen-bond acceptors (Lipinski definition) is 3. The first-order chi connectivity index (χ1) is 9.59. The fourth-order valence-electron chi connectivity index (χ4n) is 2.52. The Bertz CT molecular complexity index is 478. The minimum absolute atomic E-state index is 0.190. The molecule has 0 aromatic carbocycles. The molecule has 1 aliphatic rings. The Morgan fingerprint density at radius 1 is 1.55 bits per heavy atom. The fraction of sp³-hybridized carbons (Fsp3) is 0.500. The number of aromatic nitrogens is 1. The van der Waals surface area contributed by atoms with Gasteiger partial charge in [0.25, 0.3) is 0 Å². The molecule has 0 saturated carbocycles. The van der Waals surface area contributed by atoms with Gasteiger partial charge in [0.15, 0.2) is 0 Å². The van der Waals surface area contributed by atoms with Crippen LogP contribution in [0.1, 0.15) is 18.9 Å². The molecule has 1 aromatic heterocycles. The van der Waals surface area contributed by atoms with Gasteiger partial charge in [0.05, 0.1) is 5.92 Å². The van der Waals surface area contributed by atoms with Gasteiger partial charge in [0.1, 0.15) is 0 Å². The van der Waals surface area contributed by atoms with E-state index < -0.39 is 11.9 Å². The highest BCUT2D eigenvalue weighted by Crippen LogP contribution is 2.24. The van der Waals surface area contributed by atoms with Crippen LogP contribution in [0.5, 0.6) is 0 Å². The molecule has 0 spiro atoms. The standard InChI is InChI=1S/C14H19N3O3/c1-10-12(13(18)19)5-8-17(10)14(20)16-7-4-11-3-2-6-15-9-11/h2-3,6,9-10,12H,4-5,7-8H2,1H3,(H,16,20)(H,18,19). The summed E-state index contributed by atoms with van der Waals surface area (Å²) in [5.74, 6) is -1.29. The first-order valence-corrected chi connectivity index (χ1v) is 6.76. The summed E-state index contributed by atoms with van der Waals surface area (Å²) in [7, 11) is 0. The molecule has 0 bridgehead atoms. The zero-order valence-corrected chi connectivity index (χ0v) is 11.5. The maximum absolute atomic E-state index is 12.0. The number of carbonyl (C=O) groups is 2. The third-order valence-corrected chi connectivity index (χ3v) is 3.75. The molecule has 2 amide bonds. The molecular weight excluding hydrogens is 258 g/mol. The van der Waals surface area contributed by atoms with Gasteiger partial charge in [-0.2, -0.15) is 0 Å². The lowest BCUT2D eigenvalue weighted by atomic mass is 10.0. The highest BCUT2D eigenvalue weighted by atomic mass is 16.4. The van der Waals surface area contributed by atoms with E-state index in [0.717, 1.165) is 5.56 Å². The average Bonchev–Trinajstić information content (AvgIpc) is 2.82. The fourth-order valence-corrected chi connectivity index (χ4v) is 2.52. The largest absolute Gasteiger partial charge is 0.481 e. The number of nitrogens with one attached hydrogen (secondary N) is 1. The van der Waals surface area contributed by atoms with Crippen molar-refractivity contribution in [3.63, 3.8) is 0 Å². The highest BCUT2D eigenvalue weighted by Gasteiger charge is 2.37. The number of hydrogen-bond donors (Lipinski definition) is 2. The predicted octanol–water partition coefficient (Wildman–Crippen LogP) is 1.13. The summed E-state index contributed by atoms with van der Waals surface area (Å²) in [5.41, 5.74) is 1.06. The van der Waals surface area contributed by atoms with Crippen molar-refractivity contribution in [3.8, 4) is 0 Å². The van der Waals surface area contributed by atoms with Crippen molar-refractivity contribution < 1.29 is 14.7 Å². The number of aliphatic carboxylic acids is 1. The average molecular weight is 277 g/mol. The van der Waals surface area contributed by atoms with E-state index in [1.54, 1.807) is 24.2 Å². The number of urea groups is 1. The number of amides is 2. The number of rotatable bonds is 4. The monoisotopic (exact) mass is 277 g/mol. The van der Waals surface area contributed by atoms with Crippen LogP contribution in [0.15, 0.2) is 24.5 Å². The molecule has 1 aromatic rings. The van der Waals surface area contributed by atoms with E-state index in [0.29, 0.717) is 25.9 Å². The maximum atomic E-state index is 12.0. The van der Waals surface area contributed by atoms with Crippen LogP contribution >= 0.6 is 0 Å². The maximum Gasteiger partial charge on any atom is 0.317 e. The van der Waals surface area contributed by atoms with Gasteiger partial charge in [0.2, 0.25) is 0 Å². The Labute approximate surface area is 117 Å². The zero-order valence-electron chi connectivity index (χ0n) is 11.5. The van der Waals surface area contributed by atoms with Crippen molar-refractivity contribution in [3.05, 3.63) is 30.1 Å². The zero-order chi connectivity index (χ0) is 14.5. The van der Waals surface area contributed by atoms with Crippen molar-refractivity contribution in [2.45, 2.75) is 25.8 Å². The third kappa shape index (κ3) is 3.26. The van der Waals surface area contributed by atoms with E-state index in [1.165, 1.54) is 0 Å². The van der Waals surface area contributed by atoms with Gasteiger partial charge in [-0.15, -0.1) is 0 Å². The Morgan fingerprint density at radius 3 is 2.95 bits per heavy atom. The lowest BCUT2D eigenvalue weighted by molar-refractivity contribution is -0.142. The molecule has 6 nitrogen and oxygen atoms in total. The molecule has 2 atom stereocenters. The summed E-state index contributed by atoms with van der Waals surface area (Å²) < 4.78 is 0. The number of carbonyl (C=O) groups excluding carboxylic acids is 1. The smallest absolute Gasteiger partial charge is 0.317 e.